The lowest BCUT2D eigenvalue weighted by Gasteiger charge is -2.25. The Bertz CT molecular complexity index is 133. The molecular formula is C11H24N2O. The Labute approximate surface area is 87.3 Å². The second-order valence-electron chi connectivity index (χ2n) is 4.29. The van der Waals surface area contributed by atoms with Crippen LogP contribution >= 0.6 is 0 Å². The van der Waals surface area contributed by atoms with Crippen molar-refractivity contribution >= 4 is 0 Å². The van der Waals surface area contributed by atoms with Gasteiger partial charge in [0.1, 0.15) is 0 Å². The Hall–Kier alpha value is -0.120. The largest absolute Gasteiger partial charge is 0.392 e. The van der Waals surface area contributed by atoms with E-state index in [9.17, 15) is 5.11 Å². The third-order valence-corrected chi connectivity index (χ3v) is 3.00. The van der Waals surface area contributed by atoms with E-state index in [1.807, 2.05) is 0 Å². The van der Waals surface area contributed by atoms with Crippen LogP contribution in [0.4, 0.5) is 0 Å². The van der Waals surface area contributed by atoms with Gasteiger partial charge in [-0.05, 0) is 32.4 Å². The zero-order valence-electron chi connectivity index (χ0n) is 9.12. The molecule has 0 saturated carbocycles. The molecule has 0 aliphatic carbocycles. The van der Waals surface area contributed by atoms with E-state index < -0.39 is 0 Å². The molecule has 3 N–H and O–H groups in total. The van der Waals surface area contributed by atoms with Crippen LogP contribution in [0.15, 0.2) is 0 Å². The van der Waals surface area contributed by atoms with Crippen LogP contribution in [-0.4, -0.2) is 42.3 Å². The molecule has 3 heteroatoms. The minimum atomic E-state index is -0.305. The van der Waals surface area contributed by atoms with Gasteiger partial charge in [0, 0.05) is 13.1 Å². The number of nitrogens with zero attached hydrogens (tertiary/aromatic N) is 1. The predicted molar refractivity (Wildman–Crippen MR) is 59.2 cm³/mol. The maximum atomic E-state index is 9.36. The molecule has 0 aromatic rings. The van der Waals surface area contributed by atoms with Crippen LogP contribution in [0.2, 0.25) is 0 Å². The fourth-order valence-electron chi connectivity index (χ4n) is 1.99. The van der Waals surface area contributed by atoms with E-state index in [-0.39, 0.29) is 6.10 Å². The SMILES string of the molecule is NCC(O)CCN1CCCCCCC1. The summed E-state index contributed by atoms with van der Waals surface area (Å²) in [6.07, 6.45) is 7.31. The van der Waals surface area contributed by atoms with Gasteiger partial charge in [0.05, 0.1) is 6.10 Å². The predicted octanol–water partition coefficient (Wildman–Crippen LogP) is 0.962. The second kappa shape index (κ2) is 7.21. The molecule has 1 atom stereocenters. The summed E-state index contributed by atoms with van der Waals surface area (Å²) in [6, 6.07) is 0. The van der Waals surface area contributed by atoms with Crippen molar-refractivity contribution in [2.24, 2.45) is 5.73 Å². The van der Waals surface area contributed by atoms with Crippen LogP contribution < -0.4 is 5.73 Å². The van der Waals surface area contributed by atoms with Gasteiger partial charge in [0.2, 0.25) is 0 Å². The molecule has 84 valence electrons. The summed E-state index contributed by atoms with van der Waals surface area (Å²) in [5.74, 6) is 0. The molecule has 0 radical (unpaired) electrons. The first-order valence-corrected chi connectivity index (χ1v) is 5.93. The van der Waals surface area contributed by atoms with E-state index in [4.69, 9.17) is 5.73 Å². The lowest BCUT2D eigenvalue weighted by atomic mass is 10.1. The number of hydrogen-bond donors (Lipinski definition) is 2. The molecule has 1 aliphatic rings. The first-order valence-electron chi connectivity index (χ1n) is 5.93. The number of aliphatic hydroxyl groups excluding tert-OH is 1. The van der Waals surface area contributed by atoms with Crippen LogP contribution in [0.3, 0.4) is 0 Å². The van der Waals surface area contributed by atoms with Gasteiger partial charge in [-0.1, -0.05) is 19.3 Å². The lowest BCUT2D eigenvalue weighted by Crippen LogP contribution is -2.32. The van der Waals surface area contributed by atoms with Crippen LogP contribution in [-0.2, 0) is 0 Å². The first-order chi connectivity index (χ1) is 6.83. The molecule has 1 fully saturated rings. The van der Waals surface area contributed by atoms with E-state index in [0.29, 0.717) is 6.54 Å². The molecule has 1 saturated heterocycles. The quantitative estimate of drug-likeness (QED) is 0.711. The molecular weight excluding hydrogens is 176 g/mol. The second-order valence-corrected chi connectivity index (χ2v) is 4.29. The molecule has 1 rings (SSSR count). The normalized spacial score (nSPS) is 22.7. The zero-order chi connectivity index (χ0) is 10.2. The van der Waals surface area contributed by atoms with Crippen LogP contribution in [0.5, 0.6) is 0 Å². The highest BCUT2D eigenvalue weighted by atomic mass is 16.3. The van der Waals surface area contributed by atoms with Crippen LogP contribution in [0, 0.1) is 0 Å². The highest BCUT2D eigenvalue weighted by Crippen LogP contribution is 2.10. The smallest absolute Gasteiger partial charge is 0.0674 e. The van der Waals surface area contributed by atoms with Gasteiger partial charge < -0.3 is 15.7 Å². The Morgan fingerprint density at radius 2 is 1.64 bits per heavy atom. The summed E-state index contributed by atoms with van der Waals surface area (Å²) in [6.45, 7) is 3.82. The Morgan fingerprint density at radius 1 is 1.07 bits per heavy atom. The van der Waals surface area contributed by atoms with Crippen molar-refractivity contribution in [1.82, 2.24) is 4.90 Å². The summed E-state index contributed by atoms with van der Waals surface area (Å²) >= 11 is 0. The third kappa shape index (κ3) is 4.94. The molecule has 14 heavy (non-hydrogen) atoms. The van der Waals surface area contributed by atoms with Crippen molar-refractivity contribution in [3.05, 3.63) is 0 Å². The van der Waals surface area contributed by atoms with Gasteiger partial charge in [0.25, 0.3) is 0 Å². The van der Waals surface area contributed by atoms with Crippen molar-refractivity contribution < 1.29 is 5.11 Å². The molecule has 0 spiro atoms. The van der Waals surface area contributed by atoms with Gasteiger partial charge in [-0.25, -0.2) is 0 Å². The van der Waals surface area contributed by atoms with E-state index in [0.717, 1.165) is 13.0 Å². The molecule has 0 bridgehead atoms. The van der Waals surface area contributed by atoms with Gasteiger partial charge in [-0.3, -0.25) is 0 Å². The van der Waals surface area contributed by atoms with Crippen LogP contribution in [0.1, 0.15) is 38.5 Å². The molecule has 1 unspecified atom stereocenters. The molecule has 1 aliphatic heterocycles. The molecule has 0 aromatic carbocycles. The molecule has 1 heterocycles. The van der Waals surface area contributed by atoms with Gasteiger partial charge in [-0.15, -0.1) is 0 Å². The topological polar surface area (TPSA) is 49.5 Å². The number of aliphatic hydroxyl groups is 1. The first kappa shape index (κ1) is 12.0. The fraction of sp³-hybridized carbons (Fsp3) is 1.00. The maximum absolute atomic E-state index is 9.36. The number of hydrogen-bond acceptors (Lipinski definition) is 3. The van der Waals surface area contributed by atoms with Crippen molar-refractivity contribution in [3.63, 3.8) is 0 Å². The summed E-state index contributed by atoms with van der Waals surface area (Å²) in [5.41, 5.74) is 5.37. The van der Waals surface area contributed by atoms with E-state index in [2.05, 4.69) is 4.90 Å². The lowest BCUT2D eigenvalue weighted by molar-refractivity contribution is 0.143. The molecule has 0 aromatic heterocycles. The van der Waals surface area contributed by atoms with Crippen molar-refractivity contribution in [1.29, 1.82) is 0 Å². The minimum absolute atomic E-state index is 0.305. The standard InChI is InChI=1S/C11H24N2O/c12-10-11(14)6-9-13-7-4-2-1-3-5-8-13/h11,14H,1-10,12H2. The summed E-state index contributed by atoms with van der Waals surface area (Å²) < 4.78 is 0. The Balaban J connectivity index is 2.13. The Morgan fingerprint density at radius 3 is 2.21 bits per heavy atom. The highest BCUT2D eigenvalue weighted by molar-refractivity contribution is 4.65. The molecule has 3 nitrogen and oxygen atoms in total. The third-order valence-electron chi connectivity index (χ3n) is 3.00. The summed E-state index contributed by atoms with van der Waals surface area (Å²) in [4.78, 5) is 2.47. The summed E-state index contributed by atoms with van der Waals surface area (Å²) in [5, 5.41) is 9.36. The van der Waals surface area contributed by atoms with Crippen molar-refractivity contribution in [3.8, 4) is 0 Å². The number of likely N-dealkylation sites (tertiary alicyclic amines) is 1. The number of nitrogens with two attached hydrogens (primary N) is 1. The Kier molecular flexibility index (Phi) is 6.15. The monoisotopic (exact) mass is 200 g/mol. The van der Waals surface area contributed by atoms with E-state index >= 15 is 0 Å². The minimum Gasteiger partial charge on any atom is -0.392 e. The van der Waals surface area contributed by atoms with Gasteiger partial charge in [0.15, 0.2) is 0 Å². The van der Waals surface area contributed by atoms with Crippen molar-refractivity contribution in [2.75, 3.05) is 26.2 Å². The van der Waals surface area contributed by atoms with E-state index in [1.165, 1.54) is 45.2 Å². The van der Waals surface area contributed by atoms with Crippen LogP contribution in [0.25, 0.3) is 0 Å². The number of rotatable bonds is 4. The van der Waals surface area contributed by atoms with Gasteiger partial charge >= 0.3 is 0 Å². The average Bonchev–Trinajstić information content (AvgIpc) is 2.15. The fourth-order valence-corrected chi connectivity index (χ4v) is 1.99. The summed E-state index contributed by atoms with van der Waals surface area (Å²) in [7, 11) is 0. The molecule has 0 amide bonds. The zero-order valence-corrected chi connectivity index (χ0v) is 9.12. The van der Waals surface area contributed by atoms with Gasteiger partial charge in [-0.2, -0.15) is 0 Å². The maximum Gasteiger partial charge on any atom is 0.0674 e. The highest BCUT2D eigenvalue weighted by Gasteiger charge is 2.09. The average molecular weight is 200 g/mol. The van der Waals surface area contributed by atoms with E-state index in [1.54, 1.807) is 0 Å². The van der Waals surface area contributed by atoms with Crippen molar-refractivity contribution in [2.45, 2.75) is 44.6 Å².